The summed E-state index contributed by atoms with van der Waals surface area (Å²) in [5, 5.41) is 11.4. The molecule has 0 saturated carbocycles. The summed E-state index contributed by atoms with van der Waals surface area (Å²) in [6, 6.07) is 7.78. The molecule has 1 aromatic heterocycles. The number of benzene rings is 1. The maximum absolute atomic E-state index is 9.40. The summed E-state index contributed by atoms with van der Waals surface area (Å²) in [6.07, 6.45) is 1.73. The summed E-state index contributed by atoms with van der Waals surface area (Å²) in [5.41, 5.74) is 1.69. The van der Waals surface area contributed by atoms with E-state index in [4.69, 9.17) is 11.6 Å². The molecule has 0 aliphatic rings. The van der Waals surface area contributed by atoms with Crippen molar-refractivity contribution in [3.8, 4) is 0 Å². The summed E-state index contributed by atoms with van der Waals surface area (Å²) in [7, 11) is 0. The SMILES string of the molecule is ON(CCl)c1c[nH]c2ccccc12. The number of nitrogens with zero attached hydrogens (tertiary/aromatic N) is 1. The van der Waals surface area contributed by atoms with Gasteiger partial charge >= 0.3 is 0 Å². The van der Waals surface area contributed by atoms with Gasteiger partial charge in [-0.2, -0.15) is 0 Å². The highest BCUT2D eigenvalue weighted by molar-refractivity contribution is 6.19. The summed E-state index contributed by atoms with van der Waals surface area (Å²) < 4.78 is 0. The summed E-state index contributed by atoms with van der Waals surface area (Å²) in [6.45, 7) is 0. The monoisotopic (exact) mass is 196 g/mol. The maximum Gasteiger partial charge on any atom is 0.119 e. The lowest BCUT2D eigenvalue weighted by atomic mass is 10.2. The highest BCUT2D eigenvalue weighted by Gasteiger charge is 2.07. The van der Waals surface area contributed by atoms with E-state index < -0.39 is 0 Å². The van der Waals surface area contributed by atoms with Crippen LogP contribution in [-0.2, 0) is 0 Å². The molecule has 0 atom stereocenters. The number of para-hydroxylation sites is 1. The molecule has 0 fully saturated rings. The number of anilines is 1. The van der Waals surface area contributed by atoms with E-state index >= 15 is 0 Å². The van der Waals surface area contributed by atoms with Gasteiger partial charge in [-0.15, -0.1) is 11.6 Å². The zero-order valence-corrected chi connectivity index (χ0v) is 7.62. The fourth-order valence-corrected chi connectivity index (χ4v) is 1.46. The zero-order chi connectivity index (χ0) is 9.26. The Kier molecular flexibility index (Phi) is 2.12. The number of hydrogen-bond acceptors (Lipinski definition) is 2. The Morgan fingerprint density at radius 1 is 1.38 bits per heavy atom. The Hall–Kier alpha value is -1.19. The third kappa shape index (κ3) is 1.36. The largest absolute Gasteiger partial charge is 0.359 e. The first-order chi connectivity index (χ1) is 6.33. The molecule has 0 aliphatic carbocycles. The molecule has 1 heterocycles. The molecule has 2 N–H and O–H groups in total. The number of hydroxylamine groups is 1. The van der Waals surface area contributed by atoms with E-state index in [-0.39, 0.29) is 6.00 Å². The smallest absolute Gasteiger partial charge is 0.119 e. The van der Waals surface area contributed by atoms with Crippen molar-refractivity contribution in [1.82, 2.24) is 4.98 Å². The summed E-state index contributed by atoms with van der Waals surface area (Å²) in [4.78, 5) is 3.04. The van der Waals surface area contributed by atoms with Crippen LogP contribution < -0.4 is 5.06 Å². The molecule has 0 aliphatic heterocycles. The van der Waals surface area contributed by atoms with Crippen LogP contribution >= 0.6 is 11.6 Å². The lowest BCUT2D eigenvalue weighted by molar-refractivity contribution is 0.273. The number of nitrogens with one attached hydrogen (secondary N) is 1. The maximum atomic E-state index is 9.40. The van der Waals surface area contributed by atoms with Crippen LogP contribution in [0.3, 0.4) is 0 Å². The normalized spacial score (nSPS) is 10.6. The van der Waals surface area contributed by atoms with E-state index in [9.17, 15) is 5.21 Å². The Morgan fingerprint density at radius 2 is 2.15 bits per heavy atom. The van der Waals surface area contributed by atoms with Gasteiger partial charge in [0.25, 0.3) is 0 Å². The lowest BCUT2D eigenvalue weighted by Crippen LogP contribution is -2.14. The van der Waals surface area contributed by atoms with E-state index in [1.165, 1.54) is 0 Å². The minimum atomic E-state index is 0.0574. The Labute approximate surface area is 80.5 Å². The van der Waals surface area contributed by atoms with Crippen LogP contribution in [0.4, 0.5) is 5.69 Å². The van der Waals surface area contributed by atoms with Crippen molar-refractivity contribution in [3.63, 3.8) is 0 Å². The van der Waals surface area contributed by atoms with Gasteiger partial charge in [0.15, 0.2) is 0 Å². The molecular formula is C9H9ClN2O. The number of hydrogen-bond donors (Lipinski definition) is 2. The van der Waals surface area contributed by atoms with Crippen molar-refractivity contribution in [2.75, 3.05) is 11.1 Å². The topological polar surface area (TPSA) is 39.3 Å². The summed E-state index contributed by atoms with van der Waals surface area (Å²) in [5.74, 6) is 0. The zero-order valence-electron chi connectivity index (χ0n) is 6.87. The van der Waals surface area contributed by atoms with E-state index in [2.05, 4.69) is 4.98 Å². The van der Waals surface area contributed by atoms with Crippen LogP contribution in [0, 0.1) is 0 Å². The molecule has 0 radical (unpaired) electrons. The third-order valence-corrected chi connectivity index (χ3v) is 2.19. The molecule has 2 aromatic rings. The van der Waals surface area contributed by atoms with Gasteiger partial charge in [-0.3, -0.25) is 5.21 Å². The second-order valence-corrected chi connectivity index (χ2v) is 2.98. The van der Waals surface area contributed by atoms with Gasteiger partial charge in [-0.25, -0.2) is 5.06 Å². The molecular weight excluding hydrogens is 188 g/mol. The average Bonchev–Trinajstić information content (AvgIpc) is 2.60. The van der Waals surface area contributed by atoms with Crippen molar-refractivity contribution in [2.45, 2.75) is 0 Å². The Balaban J connectivity index is 2.57. The van der Waals surface area contributed by atoms with Crippen molar-refractivity contribution in [1.29, 1.82) is 0 Å². The molecule has 0 saturated heterocycles. The quantitative estimate of drug-likeness (QED) is 0.440. The number of fused-ring (bicyclic) bond motifs is 1. The van der Waals surface area contributed by atoms with E-state index in [1.54, 1.807) is 6.20 Å². The predicted molar refractivity (Wildman–Crippen MR) is 53.3 cm³/mol. The van der Waals surface area contributed by atoms with Crippen molar-refractivity contribution in [2.24, 2.45) is 0 Å². The average molecular weight is 197 g/mol. The second kappa shape index (κ2) is 3.28. The van der Waals surface area contributed by atoms with Crippen molar-refractivity contribution in [3.05, 3.63) is 30.5 Å². The second-order valence-electron chi connectivity index (χ2n) is 2.74. The van der Waals surface area contributed by atoms with E-state index in [0.717, 1.165) is 16.0 Å². The number of aromatic nitrogens is 1. The fraction of sp³-hybridized carbons (Fsp3) is 0.111. The minimum absolute atomic E-state index is 0.0574. The minimum Gasteiger partial charge on any atom is -0.359 e. The van der Waals surface area contributed by atoms with Gasteiger partial charge in [-0.1, -0.05) is 18.2 Å². The van der Waals surface area contributed by atoms with Crippen LogP contribution in [0.1, 0.15) is 0 Å². The number of aromatic amines is 1. The number of halogens is 1. The number of alkyl halides is 1. The number of rotatable bonds is 2. The third-order valence-electron chi connectivity index (χ3n) is 1.96. The molecule has 3 nitrogen and oxygen atoms in total. The molecule has 0 unspecified atom stereocenters. The molecule has 0 bridgehead atoms. The Bertz CT molecular complexity index is 413. The van der Waals surface area contributed by atoms with Gasteiger partial charge in [0.2, 0.25) is 0 Å². The first-order valence-electron chi connectivity index (χ1n) is 3.91. The number of H-pyrrole nitrogens is 1. The predicted octanol–water partition coefficient (Wildman–Crippen LogP) is 2.56. The van der Waals surface area contributed by atoms with Crippen LogP contribution in [0.5, 0.6) is 0 Å². The molecule has 13 heavy (non-hydrogen) atoms. The molecule has 0 amide bonds. The van der Waals surface area contributed by atoms with E-state index in [0.29, 0.717) is 5.69 Å². The highest BCUT2D eigenvalue weighted by Crippen LogP contribution is 2.25. The van der Waals surface area contributed by atoms with Crippen molar-refractivity contribution >= 4 is 28.2 Å². The van der Waals surface area contributed by atoms with Gasteiger partial charge in [0.05, 0.1) is 5.69 Å². The van der Waals surface area contributed by atoms with Gasteiger partial charge < -0.3 is 4.98 Å². The Morgan fingerprint density at radius 3 is 2.92 bits per heavy atom. The van der Waals surface area contributed by atoms with Crippen LogP contribution in [0.15, 0.2) is 30.5 Å². The first kappa shape index (κ1) is 8.41. The van der Waals surface area contributed by atoms with Crippen LogP contribution in [0.25, 0.3) is 10.9 Å². The molecule has 4 heteroatoms. The van der Waals surface area contributed by atoms with Gasteiger partial charge in [0, 0.05) is 17.1 Å². The van der Waals surface area contributed by atoms with E-state index in [1.807, 2.05) is 24.3 Å². The first-order valence-corrected chi connectivity index (χ1v) is 4.45. The van der Waals surface area contributed by atoms with Gasteiger partial charge in [0.1, 0.15) is 6.00 Å². The molecule has 68 valence electrons. The standard InChI is InChI=1S/C9H9ClN2O/c10-6-12(13)9-5-11-8-4-2-1-3-7(8)9/h1-5,11,13H,6H2. The molecule has 2 rings (SSSR count). The highest BCUT2D eigenvalue weighted by atomic mass is 35.5. The van der Waals surface area contributed by atoms with Crippen molar-refractivity contribution < 1.29 is 5.21 Å². The lowest BCUT2D eigenvalue weighted by Gasteiger charge is -2.10. The molecule has 1 aromatic carbocycles. The molecule has 0 spiro atoms. The van der Waals surface area contributed by atoms with Gasteiger partial charge in [-0.05, 0) is 6.07 Å². The van der Waals surface area contributed by atoms with Crippen LogP contribution in [0.2, 0.25) is 0 Å². The fourth-order valence-electron chi connectivity index (χ4n) is 1.33. The van der Waals surface area contributed by atoms with Crippen LogP contribution in [-0.4, -0.2) is 16.2 Å². The summed E-state index contributed by atoms with van der Waals surface area (Å²) >= 11 is 5.51.